The van der Waals surface area contributed by atoms with Crippen LogP contribution in [0.3, 0.4) is 0 Å². The average Bonchev–Trinajstić information content (AvgIpc) is 2.62. The number of aryl methyl sites for hydroxylation is 1. The van der Waals surface area contributed by atoms with Crippen molar-refractivity contribution in [2.24, 2.45) is 5.73 Å². The van der Waals surface area contributed by atoms with E-state index in [1.165, 1.54) is 5.56 Å². The molecule has 1 aromatic heterocycles. The van der Waals surface area contributed by atoms with Gasteiger partial charge in [-0.2, -0.15) is 13.2 Å². The molecular formula is C17H17F3N2O4. The van der Waals surface area contributed by atoms with E-state index in [2.05, 4.69) is 11.9 Å². The Morgan fingerprint density at radius 2 is 1.65 bits per heavy atom. The van der Waals surface area contributed by atoms with Crippen LogP contribution in [0.15, 0.2) is 42.6 Å². The molecule has 0 saturated carbocycles. The van der Waals surface area contributed by atoms with Gasteiger partial charge >= 0.3 is 18.1 Å². The van der Waals surface area contributed by atoms with Crippen molar-refractivity contribution in [1.29, 1.82) is 0 Å². The number of carboxylic acids is 1. The third-order valence-electron chi connectivity index (χ3n) is 3.05. The first-order valence-electron chi connectivity index (χ1n) is 7.43. The molecule has 3 N–H and O–H groups in total. The summed E-state index contributed by atoms with van der Waals surface area (Å²) in [6.07, 6.45) is -2.55. The summed E-state index contributed by atoms with van der Waals surface area (Å²) in [6, 6.07) is 10.8. The van der Waals surface area contributed by atoms with Gasteiger partial charge in [0.15, 0.2) is 0 Å². The zero-order valence-corrected chi connectivity index (χ0v) is 13.8. The van der Waals surface area contributed by atoms with Gasteiger partial charge in [0.2, 0.25) is 0 Å². The number of aromatic nitrogens is 1. The van der Waals surface area contributed by atoms with E-state index in [0.717, 1.165) is 12.0 Å². The third kappa shape index (κ3) is 6.89. The van der Waals surface area contributed by atoms with Crippen LogP contribution in [-0.4, -0.2) is 28.2 Å². The van der Waals surface area contributed by atoms with Crippen LogP contribution in [0.5, 0.6) is 5.75 Å². The van der Waals surface area contributed by atoms with Crippen molar-refractivity contribution in [2.75, 3.05) is 0 Å². The second-order valence-corrected chi connectivity index (χ2v) is 4.95. The molecule has 0 aliphatic carbocycles. The number of nitrogens with two attached hydrogens (primary N) is 1. The highest BCUT2D eigenvalue weighted by Gasteiger charge is 2.38. The SMILES string of the molecule is CCc1ccc(OC(=O)c2ccc(CN)cn2)cc1.O=C(O)C(F)(F)F. The van der Waals surface area contributed by atoms with E-state index in [-0.39, 0.29) is 5.69 Å². The van der Waals surface area contributed by atoms with E-state index in [4.69, 9.17) is 20.4 Å². The molecule has 0 fully saturated rings. The Bertz CT molecular complexity index is 729. The third-order valence-corrected chi connectivity index (χ3v) is 3.05. The molecule has 0 amide bonds. The molecule has 2 rings (SSSR count). The number of hydrogen-bond acceptors (Lipinski definition) is 5. The van der Waals surface area contributed by atoms with Gasteiger partial charge in [-0.1, -0.05) is 25.1 Å². The lowest BCUT2D eigenvalue weighted by Gasteiger charge is -2.05. The highest BCUT2D eigenvalue weighted by molar-refractivity contribution is 5.88. The first kappa shape index (κ1) is 21.1. The minimum Gasteiger partial charge on any atom is -0.475 e. The number of hydrogen-bond donors (Lipinski definition) is 2. The smallest absolute Gasteiger partial charge is 0.475 e. The molecule has 9 heteroatoms. The van der Waals surface area contributed by atoms with Gasteiger partial charge in [0.1, 0.15) is 11.4 Å². The fourth-order valence-electron chi connectivity index (χ4n) is 1.62. The molecule has 0 saturated heterocycles. The molecule has 6 nitrogen and oxygen atoms in total. The highest BCUT2D eigenvalue weighted by Crippen LogP contribution is 2.14. The van der Waals surface area contributed by atoms with Crippen LogP contribution < -0.4 is 10.5 Å². The van der Waals surface area contributed by atoms with Crippen molar-refractivity contribution in [1.82, 2.24) is 4.98 Å². The van der Waals surface area contributed by atoms with Crippen molar-refractivity contribution in [3.05, 3.63) is 59.4 Å². The van der Waals surface area contributed by atoms with Crippen LogP contribution in [-0.2, 0) is 17.8 Å². The van der Waals surface area contributed by atoms with E-state index < -0.39 is 18.1 Å². The molecule has 0 aliphatic rings. The molecule has 0 radical (unpaired) electrons. The van der Waals surface area contributed by atoms with Crippen LogP contribution in [0.1, 0.15) is 28.5 Å². The molecule has 0 bridgehead atoms. The number of aliphatic carboxylic acids is 1. The second-order valence-electron chi connectivity index (χ2n) is 4.95. The number of nitrogens with zero attached hydrogens (tertiary/aromatic N) is 1. The molecule has 0 spiro atoms. The number of carbonyl (C=O) groups excluding carboxylic acids is 1. The standard InChI is InChI=1S/C15H16N2O2.C2HF3O2/c1-2-11-3-6-13(7-4-11)19-15(18)14-8-5-12(9-16)10-17-14;3-2(4,5)1(6)7/h3-8,10H,2,9,16H2,1H3;(H,6,7). The Morgan fingerprint density at radius 3 is 2.04 bits per heavy atom. The number of benzene rings is 1. The molecule has 1 heterocycles. The molecule has 0 aliphatic heterocycles. The lowest BCUT2D eigenvalue weighted by atomic mass is 10.2. The fraction of sp³-hybridized carbons (Fsp3) is 0.235. The van der Waals surface area contributed by atoms with Crippen LogP contribution in [0.4, 0.5) is 13.2 Å². The maximum Gasteiger partial charge on any atom is 0.490 e. The van der Waals surface area contributed by atoms with Gasteiger partial charge in [-0.15, -0.1) is 0 Å². The Labute approximate surface area is 147 Å². The van der Waals surface area contributed by atoms with Gasteiger partial charge in [-0.25, -0.2) is 14.6 Å². The summed E-state index contributed by atoms with van der Waals surface area (Å²) < 4.78 is 37.0. The van der Waals surface area contributed by atoms with Gasteiger partial charge in [-0.3, -0.25) is 0 Å². The summed E-state index contributed by atoms with van der Waals surface area (Å²) >= 11 is 0. The zero-order chi connectivity index (χ0) is 19.7. The normalized spacial score (nSPS) is 10.5. The minimum absolute atomic E-state index is 0.275. The number of ether oxygens (including phenoxy) is 1. The lowest BCUT2D eigenvalue weighted by molar-refractivity contribution is -0.192. The highest BCUT2D eigenvalue weighted by atomic mass is 19.4. The van der Waals surface area contributed by atoms with E-state index in [0.29, 0.717) is 12.3 Å². The number of carboxylic acid groups (broad SMARTS) is 1. The van der Waals surface area contributed by atoms with Crippen LogP contribution in [0.25, 0.3) is 0 Å². The zero-order valence-electron chi connectivity index (χ0n) is 13.8. The van der Waals surface area contributed by atoms with Gasteiger partial charge in [-0.05, 0) is 35.7 Å². The summed E-state index contributed by atoms with van der Waals surface area (Å²) in [5.41, 5.74) is 7.82. The number of pyridine rings is 1. The van der Waals surface area contributed by atoms with Crippen LogP contribution >= 0.6 is 0 Å². The largest absolute Gasteiger partial charge is 0.490 e. The van der Waals surface area contributed by atoms with Crippen molar-refractivity contribution in [3.63, 3.8) is 0 Å². The van der Waals surface area contributed by atoms with Crippen LogP contribution in [0.2, 0.25) is 0 Å². The van der Waals surface area contributed by atoms with Gasteiger partial charge in [0.05, 0.1) is 0 Å². The van der Waals surface area contributed by atoms with Crippen molar-refractivity contribution < 1.29 is 32.6 Å². The Morgan fingerprint density at radius 1 is 1.12 bits per heavy atom. The number of rotatable bonds is 4. The van der Waals surface area contributed by atoms with E-state index in [9.17, 15) is 18.0 Å². The maximum atomic E-state index is 11.9. The fourth-order valence-corrected chi connectivity index (χ4v) is 1.62. The van der Waals surface area contributed by atoms with Gasteiger partial charge in [0, 0.05) is 12.7 Å². The van der Waals surface area contributed by atoms with Gasteiger partial charge in [0.25, 0.3) is 0 Å². The molecule has 0 unspecified atom stereocenters. The monoisotopic (exact) mass is 370 g/mol. The molecular weight excluding hydrogens is 353 g/mol. The van der Waals surface area contributed by atoms with E-state index >= 15 is 0 Å². The van der Waals surface area contributed by atoms with E-state index in [1.54, 1.807) is 30.5 Å². The van der Waals surface area contributed by atoms with Crippen molar-refractivity contribution in [2.45, 2.75) is 26.1 Å². The molecule has 26 heavy (non-hydrogen) atoms. The first-order valence-corrected chi connectivity index (χ1v) is 7.43. The van der Waals surface area contributed by atoms with Crippen LogP contribution in [0, 0.1) is 0 Å². The predicted molar refractivity (Wildman–Crippen MR) is 86.6 cm³/mol. The topological polar surface area (TPSA) is 103 Å². The summed E-state index contributed by atoms with van der Waals surface area (Å²) in [7, 11) is 0. The first-order chi connectivity index (χ1) is 12.2. The second kappa shape index (κ2) is 9.52. The lowest BCUT2D eigenvalue weighted by Crippen LogP contribution is -2.21. The number of carbonyl (C=O) groups is 2. The predicted octanol–water partition coefficient (Wildman–Crippen LogP) is 2.96. The molecule has 2 aromatic rings. The number of esters is 1. The quantitative estimate of drug-likeness (QED) is 0.634. The summed E-state index contributed by atoms with van der Waals surface area (Å²) in [5, 5.41) is 7.12. The molecule has 0 atom stereocenters. The summed E-state index contributed by atoms with van der Waals surface area (Å²) in [5.74, 6) is -2.70. The maximum absolute atomic E-state index is 11.9. The number of halogens is 3. The summed E-state index contributed by atoms with van der Waals surface area (Å²) in [4.78, 5) is 24.8. The van der Waals surface area contributed by atoms with Crippen molar-refractivity contribution in [3.8, 4) is 5.75 Å². The molecule has 140 valence electrons. The Kier molecular flexibility index (Phi) is 7.73. The van der Waals surface area contributed by atoms with Gasteiger partial charge < -0.3 is 15.6 Å². The summed E-state index contributed by atoms with van der Waals surface area (Å²) in [6.45, 7) is 2.48. The Hall–Kier alpha value is -2.94. The number of alkyl halides is 3. The van der Waals surface area contributed by atoms with E-state index in [1.807, 2.05) is 12.1 Å². The average molecular weight is 370 g/mol. The molecule has 1 aromatic carbocycles. The van der Waals surface area contributed by atoms with Crippen molar-refractivity contribution >= 4 is 11.9 Å². The Balaban J connectivity index is 0.000000412. The minimum atomic E-state index is -5.08.